The molecule has 0 aliphatic carbocycles. The molecule has 2 saturated heterocycles. The van der Waals surface area contributed by atoms with Crippen LogP contribution in [-0.2, 0) is 0 Å². The third kappa shape index (κ3) is 3.62. The molecule has 0 radical (unpaired) electrons. The molecule has 0 aromatic rings. The lowest BCUT2D eigenvalue weighted by Gasteiger charge is -2.42. The lowest BCUT2D eigenvalue weighted by molar-refractivity contribution is 0.147. The van der Waals surface area contributed by atoms with Gasteiger partial charge in [-0.2, -0.15) is 11.8 Å². The van der Waals surface area contributed by atoms with Gasteiger partial charge in [0, 0.05) is 36.7 Å². The highest BCUT2D eigenvalue weighted by Crippen LogP contribution is 2.35. The lowest BCUT2D eigenvalue weighted by atomic mass is 9.82. The van der Waals surface area contributed by atoms with Crippen LogP contribution >= 0.6 is 11.8 Å². The van der Waals surface area contributed by atoms with Gasteiger partial charge in [-0.1, -0.05) is 13.3 Å². The fourth-order valence-electron chi connectivity index (χ4n) is 3.48. The highest BCUT2D eigenvalue weighted by molar-refractivity contribution is 8.00. The normalized spacial score (nSPS) is 34.1. The molecule has 2 nitrogen and oxygen atoms in total. The number of nitrogens with zero attached hydrogens (tertiary/aromatic N) is 1. The minimum Gasteiger partial charge on any atom is -0.316 e. The molecule has 100 valence electrons. The summed E-state index contributed by atoms with van der Waals surface area (Å²) in [5, 5.41) is 3.58. The first-order chi connectivity index (χ1) is 8.05. The third-order valence-corrected chi connectivity index (χ3v) is 5.47. The van der Waals surface area contributed by atoms with E-state index in [0.717, 1.165) is 0 Å². The predicted octanol–water partition coefficient (Wildman–Crippen LogP) is 2.59. The summed E-state index contributed by atoms with van der Waals surface area (Å²) in [5.74, 6) is 1.31. The zero-order valence-corrected chi connectivity index (χ0v) is 12.5. The van der Waals surface area contributed by atoms with Crippen LogP contribution < -0.4 is 5.32 Å². The molecule has 1 unspecified atom stereocenters. The second kappa shape index (κ2) is 5.50. The van der Waals surface area contributed by atoms with Crippen LogP contribution in [0, 0.1) is 5.41 Å². The van der Waals surface area contributed by atoms with Gasteiger partial charge in [-0.15, -0.1) is 0 Å². The largest absolute Gasteiger partial charge is 0.316 e. The van der Waals surface area contributed by atoms with Crippen molar-refractivity contribution in [2.24, 2.45) is 5.41 Å². The van der Waals surface area contributed by atoms with Crippen molar-refractivity contribution in [3.05, 3.63) is 0 Å². The van der Waals surface area contributed by atoms with E-state index in [1.807, 2.05) is 0 Å². The monoisotopic (exact) mass is 256 g/mol. The van der Waals surface area contributed by atoms with Crippen LogP contribution in [0.25, 0.3) is 0 Å². The molecular formula is C14H28N2S. The van der Waals surface area contributed by atoms with Gasteiger partial charge in [0.25, 0.3) is 0 Å². The highest BCUT2D eigenvalue weighted by Gasteiger charge is 2.37. The highest BCUT2D eigenvalue weighted by atomic mass is 32.2. The van der Waals surface area contributed by atoms with E-state index < -0.39 is 0 Å². The van der Waals surface area contributed by atoms with Gasteiger partial charge in [0.1, 0.15) is 0 Å². The van der Waals surface area contributed by atoms with Crippen LogP contribution in [0.4, 0.5) is 0 Å². The van der Waals surface area contributed by atoms with Crippen molar-refractivity contribution >= 4 is 11.8 Å². The lowest BCUT2D eigenvalue weighted by Crippen LogP contribution is -2.48. The van der Waals surface area contributed by atoms with Crippen molar-refractivity contribution in [3.63, 3.8) is 0 Å². The van der Waals surface area contributed by atoms with Crippen molar-refractivity contribution in [1.29, 1.82) is 0 Å². The fourth-order valence-corrected chi connectivity index (χ4v) is 4.65. The maximum absolute atomic E-state index is 3.58. The first-order valence-electron chi connectivity index (χ1n) is 7.12. The van der Waals surface area contributed by atoms with Gasteiger partial charge in [0.05, 0.1) is 0 Å². The summed E-state index contributed by atoms with van der Waals surface area (Å²) in [7, 11) is 0. The zero-order valence-electron chi connectivity index (χ0n) is 11.7. The van der Waals surface area contributed by atoms with Gasteiger partial charge < -0.3 is 10.2 Å². The predicted molar refractivity (Wildman–Crippen MR) is 77.8 cm³/mol. The Morgan fingerprint density at radius 1 is 1.35 bits per heavy atom. The van der Waals surface area contributed by atoms with E-state index in [1.54, 1.807) is 0 Å². The van der Waals surface area contributed by atoms with Gasteiger partial charge >= 0.3 is 0 Å². The first-order valence-corrected chi connectivity index (χ1v) is 8.11. The minimum atomic E-state index is 0.456. The van der Waals surface area contributed by atoms with Crippen molar-refractivity contribution < 1.29 is 0 Å². The SMILES string of the molecule is CCCC1(CN2CCSC(C)(C)C2)CCNC1. The van der Waals surface area contributed by atoms with Crippen LogP contribution in [0.15, 0.2) is 0 Å². The molecule has 2 aliphatic rings. The van der Waals surface area contributed by atoms with E-state index in [2.05, 4.69) is 42.7 Å². The molecular weight excluding hydrogens is 228 g/mol. The second-order valence-corrected chi connectivity index (χ2v) is 8.30. The molecule has 0 saturated carbocycles. The number of thioether (sulfide) groups is 1. The van der Waals surface area contributed by atoms with Gasteiger partial charge in [0.2, 0.25) is 0 Å². The average molecular weight is 256 g/mol. The topological polar surface area (TPSA) is 15.3 Å². The molecule has 0 aromatic carbocycles. The van der Waals surface area contributed by atoms with Crippen molar-refractivity contribution in [3.8, 4) is 0 Å². The van der Waals surface area contributed by atoms with E-state index in [0.29, 0.717) is 10.2 Å². The summed E-state index contributed by atoms with van der Waals surface area (Å²) in [6.07, 6.45) is 4.10. The summed E-state index contributed by atoms with van der Waals surface area (Å²) >= 11 is 2.14. The Kier molecular flexibility index (Phi) is 4.43. The Labute approximate surface area is 111 Å². The second-order valence-electron chi connectivity index (χ2n) is 6.50. The molecule has 1 N–H and O–H groups in total. The van der Waals surface area contributed by atoms with E-state index >= 15 is 0 Å². The molecule has 2 rings (SSSR count). The summed E-state index contributed by atoms with van der Waals surface area (Å²) in [6, 6.07) is 0. The number of hydrogen-bond acceptors (Lipinski definition) is 3. The summed E-state index contributed by atoms with van der Waals surface area (Å²) < 4.78 is 0.456. The average Bonchev–Trinajstić information content (AvgIpc) is 2.65. The smallest absolute Gasteiger partial charge is 0.0231 e. The van der Waals surface area contributed by atoms with Gasteiger partial charge in [-0.05, 0) is 38.6 Å². The standard InChI is InChI=1S/C14H28N2S/c1-4-5-14(6-7-15-10-14)12-16-8-9-17-13(2,3)11-16/h15H,4-12H2,1-3H3. The molecule has 2 fully saturated rings. The number of rotatable bonds is 4. The molecule has 0 amide bonds. The molecule has 0 aromatic heterocycles. The molecule has 2 heterocycles. The summed E-state index contributed by atoms with van der Waals surface area (Å²) in [6.45, 7) is 13.5. The van der Waals surface area contributed by atoms with E-state index in [4.69, 9.17) is 0 Å². The Hall–Kier alpha value is 0.270. The molecule has 17 heavy (non-hydrogen) atoms. The molecule has 2 aliphatic heterocycles. The van der Waals surface area contributed by atoms with Crippen LogP contribution in [-0.4, -0.2) is 48.1 Å². The van der Waals surface area contributed by atoms with Crippen molar-refractivity contribution in [1.82, 2.24) is 10.2 Å². The first kappa shape index (κ1) is 13.7. The number of hydrogen-bond donors (Lipinski definition) is 1. The number of nitrogens with one attached hydrogen (secondary N) is 1. The Morgan fingerprint density at radius 3 is 2.76 bits per heavy atom. The maximum Gasteiger partial charge on any atom is 0.0231 e. The van der Waals surface area contributed by atoms with Crippen LogP contribution in [0.1, 0.15) is 40.0 Å². The maximum atomic E-state index is 3.58. The Balaban J connectivity index is 1.93. The molecule has 0 bridgehead atoms. The Bertz CT molecular complexity index is 247. The Morgan fingerprint density at radius 2 is 2.18 bits per heavy atom. The molecule has 1 atom stereocenters. The van der Waals surface area contributed by atoms with E-state index in [1.165, 1.54) is 57.7 Å². The molecule has 3 heteroatoms. The van der Waals surface area contributed by atoms with Gasteiger partial charge in [-0.3, -0.25) is 0 Å². The van der Waals surface area contributed by atoms with Crippen molar-refractivity contribution in [2.45, 2.75) is 44.8 Å². The van der Waals surface area contributed by atoms with E-state index in [9.17, 15) is 0 Å². The third-order valence-electron chi connectivity index (χ3n) is 4.18. The van der Waals surface area contributed by atoms with Crippen LogP contribution in [0.5, 0.6) is 0 Å². The van der Waals surface area contributed by atoms with E-state index in [-0.39, 0.29) is 0 Å². The molecule has 0 spiro atoms. The summed E-state index contributed by atoms with van der Waals surface area (Å²) in [5.41, 5.74) is 0.576. The minimum absolute atomic E-state index is 0.456. The summed E-state index contributed by atoms with van der Waals surface area (Å²) in [4.78, 5) is 2.72. The van der Waals surface area contributed by atoms with Gasteiger partial charge in [-0.25, -0.2) is 0 Å². The van der Waals surface area contributed by atoms with Crippen LogP contribution in [0.3, 0.4) is 0 Å². The van der Waals surface area contributed by atoms with Crippen molar-refractivity contribution in [2.75, 3.05) is 38.5 Å². The quantitative estimate of drug-likeness (QED) is 0.832. The zero-order chi connectivity index (χ0) is 12.4. The van der Waals surface area contributed by atoms with Gasteiger partial charge in [0.15, 0.2) is 0 Å². The fraction of sp³-hybridized carbons (Fsp3) is 1.00. The van der Waals surface area contributed by atoms with Crippen LogP contribution in [0.2, 0.25) is 0 Å².